The van der Waals surface area contributed by atoms with Crippen LogP contribution in [-0.4, -0.2) is 34.6 Å². The number of hydrogen-bond donors (Lipinski definition) is 1. The van der Waals surface area contributed by atoms with E-state index in [-0.39, 0.29) is 36.0 Å². The number of hydrogen-bond acceptors (Lipinski definition) is 3. The first-order valence-electron chi connectivity index (χ1n) is 12.2. The number of nitrogens with one attached hydrogen (secondary N) is 1. The Labute approximate surface area is 232 Å². The Hall–Kier alpha value is -2.54. The van der Waals surface area contributed by atoms with Gasteiger partial charge < -0.3 is 10.2 Å². The molecule has 0 bridgehead atoms. The third-order valence-electron chi connectivity index (χ3n) is 6.04. The largest absolute Gasteiger partial charge is 0.352 e. The first-order chi connectivity index (χ1) is 17.8. The number of carbonyl (C=O) groups is 2. The van der Waals surface area contributed by atoms with Crippen LogP contribution >= 0.6 is 35.0 Å². The van der Waals surface area contributed by atoms with Gasteiger partial charge in [0.1, 0.15) is 11.9 Å². The van der Waals surface area contributed by atoms with Crippen molar-refractivity contribution in [3.63, 3.8) is 0 Å². The summed E-state index contributed by atoms with van der Waals surface area (Å²) in [6.07, 6.45) is 1.14. The van der Waals surface area contributed by atoms with E-state index < -0.39 is 6.04 Å². The van der Waals surface area contributed by atoms with Gasteiger partial charge in [-0.3, -0.25) is 9.59 Å². The van der Waals surface area contributed by atoms with Crippen molar-refractivity contribution in [2.24, 2.45) is 0 Å². The molecule has 0 aliphatic rings. The molecule has 0 fully saturated rings. The SMILES string of the molecule is CC[C@@H](C)NC(=O)[C@H](Cc1ccccc1)N(Cc1ccc(Cl)cc1Cl)C(=O)CSCc1ccc(F)cc1. The van der Waals surface area contributed by atoms with Crippen molar-refractivity contribution >= 4 is 46.8 Å². The van der Waals surface area contributed by atoms with Crippen LogP contribution in [0.15, 0.2) is 72.8 Å². The molecule has 2 amide bonds. The van der Waals surface area contributed by atoms with Crippen molar-refractivity contribution in [3.05, 3.63) is 105 Å². The van der Waals surface area contributed by atoms with Gasteiger partial charge in [0.05, 0.1) is 5.75 Å². The topological polar surface area (TPSA) is 49.4 Å². The Morgan fingerprint density at radius 1 is 1.00 bits per heavy atom. The van der Waals surface area contributed by atoms with Crippen LogP contribution in [0.4, 0.5) is 4.39 Å². The number of nitrogens with zero attached hydrogens (tertiary/aromatic N) is 1. The molecule has 0 saturated heterocycles. The van der Waals surface area contributed by atoms with Crippen LogP contribution in [0.1, 0.15) is 37.0 Å². The predicted molar refractivity (Wildman–Crippen MR) is 151 cm³/mol. The molecule has 0 aromatic heterocycles. The van der Waals surface area contributed by atoms with E-state index in [4.69, 9.17) is 23.2 Å². The van der Waals surface area contributed by atoms with Gasteiger partial charge in [-0.2, -0.15) is 0 Å². The maximum absolute atomic E-state index is 13.7. The lowest BCUT2D eigenvalue weighted by atomic mass is 10.0. The molecule has 0 aliphatic heterocycles. The minimum absolute atomic E-state index is 0.0327. The quantitative estimate of drug-likeness (QED) is 0.261. The lowest BCUT2D eigenvalue weighted by Gasteiger charge is -2.32. The van der Waals surface area contributed by atoms with E-state index in [1.807, 2.05) is 44.2 Å². The maximum atomic E-state index is 13.7. The maximum Gasteiger partial charge on any atom is 0.243 e. The summed E-state index contributed by atoms with van der Waals surface area (Å²) < 4.78 is 13.2. The molecule has 0 spiro atoms. The highest BCUT2D eigenvalue weighted by atomic mass is 35.5. The average molecular weight is 562 g/mol. The van der Waals surface area contributed by atoms with Crippen LogP contribution in [0.3, 0.4) is 0 Å². The number of carbonyl (C=O) groups excluding carboxylic acids is 2. The molecule has 4 nitrogen and oxygen atoms in total. The summed E-state index contributed by atoms with van der Waals surface area (Å²) in [5.41, 5.74) is 2.57. The van der Waals surface area contributed by atoms with Gasteiger partial charge in [-0.15, -0.1) is 11.8 Å². The third kappa shape index (κ3) is 9.06. The molecule has 8 heteroatoms. The molecule has 3 rings (SSSR count). The Balaban J connectivity index is 1.88. The summed E-state index contributed by atoms with van der Waals surface area (Å²) in [6.45, 7) is 4.11. The van der Waals surface area contributed by atoms with Gasteiger partial charge in [-0.05, 0) is 54.3 Å². The molecule has 2 atom stereocenters. The van der Waals surface area contributed by atoms with Crippen LogP contribution in [0.2, 0.25) is 10.0 Å². The molecule has 0 unspecified atom stereocenters. The number of rotatable bonds is 12. The number of thioether (sulfide) groups is 1. The van der Waals surface area contributed by atoms with Crippen LogP contribution in [-0.2, 0) is 28.3 Å². The predicted octanol–water partition coefficient (Wildman–Crippen LogP) is 6.92. The number of amides is 2. The van der Waals surface area contributed by atoms with E-state index >= 15 is 0 Å². The summed E-state index contributed by atoms with van der Waals surface area (Å²) in [4.78, 5) is 28.8. The van der Waals surface area contributed by atoms with Crippen LogP contribution < -0.4 is 5.32 Å². The number of benzene rings is 3. The van der Waals surface area contributed by atoms with Crippen LogP contribution in [0, 0.1) is 5.82 Å². The third-order valence-corrected chi connectivity index (χ3v) is 7.61. The first kappa shape index (κ1) is 29.0. The van der Waals surface area contributed by atoms with Gasteiger partial charge in [-0.25, -0.2) is 4.39 Å². The Bertz CT molecular complexity index is 1180. The highest BCUT2D eigenvalue weighted by Crippen LogP contribution is 2.25. The van der Waals surface area contributed by atoms with Gasteiger partial charge in [-0.1, -0.05) is 78.7 Å². The number of halogens is 3. The Kier molecular flexibility index (Phi) is 11.3. The minimum Gasteiger partial charge on any atom is -0.352 e. The minimum atomic E-state index is -0.734. The van der Waals surface area contributed by atoms with Gasteiger partial charge in [0, 0.05) is 34.8 Å². The second-order valence-electron chi connectivity index (χ2n) is 8.90. The summed E-state index contributed by atoms with van der Waals surface area (Å²) in [7, 11) is 0. The first-order valence-corrected chi connectivity index (χ1v) is 14.1. The van der Waals surface area contributed by atoms with E-state index in [2.05, 4.69) is 5.32 Å². The fourth-order valence-corrected chi connectivity index (χ4v) is 5.09. The molecule has 0 aliphatic carbocycles. The molecule has 196 valence electrons. The molecule has 0 heterocycles. The summed E-state index contributed by atoms with van der Waals surface area (Å²) in [6, 6.07) is 20.2. The molecule has 3 aromatic carbocycles. The van der Waals surface area contributed by atoms with Crippen molar-refractivity contribution < 1.29 is 14.0 Å². The Morgan fingerprint density at radius 2 is 1.70 bits per heavy atom. The Morgan fingerprint density at radius 3 is 2.35 bits per heavy atom. The van der Waals surface area contributed by atoms with Crippen LogP contribution in [0.5, 0.6) is 0 Å². The summed E-state index contributed by atoms with van der Waals surface area (Å²) in [5, 5.41) is 3.99. The van der Waals surface area contributed by atoms with E-state index in [0.29, 0.717) is 27.8 Å². The second kappa shape index (κ2) is 14.4. The van der Waals surface area contributed by atoms with Crippen molar-refractivity contribution in [2.45, 2.75) is 51.1 Å². The lowest BCUT2D eigenvalue weighted by molar-refractivity contribution is -0.139. The fourth-order valence-electron chi connectivity index (χ4n) is 3.75. The molecular weight excluding hydrogens is 530 g/mol. The standard InChI is InChI=1S/C29H31Cl2FN2O2S/c1-3-20(2)33-29(36)27(15-21-7-5-4-6-8-21)34(17-23-11-12-24(30)16-26(23)31)28(35)19-37-18-22-9-13-25(32)14-10-22/h4-14,16,20,27H,3,15,17-19H2,1-2H3,(H,33,36)/t20-,27+/m1/s1. The highest BCUT2D eigenvalue weighted by molar-refractivity contribution is 7.99. The smallest absolute Gasteiger partial charge is 0.243 e. The van der Waals surface area contributed by atoms with E-state index in [1.165, 1.54) is 23.9 Å². The molecule has 0 radical (unpaired) electrons. The van der Waals surface area contributed by atoms with Gasteiger partial charge in [0.15, 0.2) is 0 Å². The molecule has 0 saturated carbocycles. The van der Waals surface area contributed by atoms with Gasteiger partial charge in [0.2, 0.25) is 11.8 Å². The lowest BCUT2D eigenvalue weighted by Crippen LogP contribution is -2.52. The second-order valence-corrected chi connectivity index (χ2v) is 10.7. The van der Waals surface area contributed by atoms with Crippen molar-refractivity contribution in [3.8, 4) is 0 Å². The molecule has 37 heavy (non-hydrogen) atoms. The van der Waals surface area contributed by atoms with E-state index in [9.17, 15) is 14.0 Å². The zero-order valence-corrected chi connectivity index (χ0v) is 23.3. The zero-order chi connectivity index (χ0) is 26.8. The summed E-state index contributed by atoms with van der Waals surface area (Å²) >= 11 is 14.0. The summed E-state index contributed by atoms with van der Waals surface area (Å²) in [5.74, 6) is 0.0134. The van der Waals surface area contributed by atoms with Crippen molar-refractivity contribution in [1.29, 1.82) is 0 Å². The fraction of sp³-hybridized carbons (Fsp3) is 0.310. The molecule has 1 N–H and O–H groups in total. The highest BCUT2D eigenvalue weighted by Gasteiger charge is 2.31. The normalized spacial score (nSPS) is 12.6. The molecular formula is C29H31Cl2FN2O2S. The van der Waals surface area contributed by atoms with E-state index in [0.717, 1.165) is 17.5 Å². The van der Waals surface area contributed by atoms with Crippen molar-refractivity contribution in [2.75, 3.05) is 5.75 Å². The molecule has 3 aromatic rings. The monoisotopic (exact) mass is 560 g/mol. The zero-order valence-electron chi connectivity index (χ0n) is 20.9. The van der Waals surface area contributed by atoms with Gasteiger partial charge >= 0.3 is 0 Å². The van der Waals surface area contributed by atoms with E-state index in [1.54, 1.807) is 35.2 Å². The average Bonchev–Trinajstić information content (AvgIpc) is 2.88. The van der Waals surface area contributed by atoms with Crippen LogP contribution in [0.25, 0.3) is 0 Å². The van der Waals surface area contributed by atoms with Gasteiger partial charge in [0.25, 0.3) is 0 Å². The van der Waals surface area contributed by atoms with Crippen molar-refractivity contribution in [1.82, 2.24) is 10.2 Å².